The van der Waals surface area contributed by atoms with Gasteiger partial charge in [-0.25, -0.2) is 13.1 Å². The summed E-state index contributed by atoms with van der Waals surface area (Å²) in [6, 6.07) is 16.7. The van der Waals surface area contributed by atoms with Gasteiger partial charge in [-0.05, 0) is 74.1 Å². The van der Waals surface area contributed by atoms with E-state index >= 15 is 0 Å². The maximum Gasteiger partial charge on any atom is 0.236 e. The van der Waals surface area contributed by atoms with Crippen molar-refractivity contribution in [3.05, 3.63) is 70.1 Å². The van der Waals surface area contributed by atoms with E-state index in [9.17, 15) is 8.42 Å². The highest BCUT2D eigenvalue weighted by molar-refractivity contribution is 7.93. The van der Waals surface area contributed by atoms with E-state index in [1.54, 1.807) is 0 Å². The number of nitrogens with one attached hydrogen (secondary N) is 1. The molecule has 6 heteroatoms. The fourth-order valence-corrected chi connectivity index (χ4v) is 5.68. The average Bonchev–Trinajstić information content (AvgIpc) is 2.79. The molecule has 0 saturated carbocycles. The molecule has 0 unspecified atom stereocenters. The Hall–Kier alpha value is -2.15. The molecule has 0 aromatic heterocycles. The topological polar surface area (TPSA) is 52.6 Å². The van der Waals surface area contributed by atoms with Crippen molar-refractivity contribution in [1.82, 2.24) is 9.62 Å². The highest BCUT2D eigenvalue weighted by atomic mass is 32.2. The van der Waals surface area contributed by atoms with E-state index < -0.39 is 10.0 Å². The fourth-order valence-electron chi connectivity index (χ4n) is 4.43. The van der Waals surface area contributed by atoms with E-state index in [0.29, 0.717) is 17.9 Å². The van der Waals surface area contributed by atoms with Crippen molar-refractivity contribution in [1.29, 1.82) is 0 Å². The molecule has 0 amide bonds. The number of allylic oxidation sites excluding steroid dienone is 1. The van der Waals surface area contributed by atoms with Gasteiger partial charge in [-0.2, -0.15) is 0 Å². The second kappa shape index (κ2) is 9.98. The second-order valence-corrected chi connectivity index (χ2v) is 10.4. The molecule has 2 aromatic rings. The molecule has 1 fully saturated rings. The second-order valence-electron chi connectivity index (χ2n) is 8.58. The number of benzene rings is 2. The molecule has 1 heterocycles. The zero-order valence-electron chi connectivity index (χ0n) is 18.4. The Morgan fingerprint density at radius 3 is 2.55 bits per heavy atom. The number of unbranched alkanes of at least 4 members (excludes halogenated alkanes) is 1. The Morgan fingerprint density at radius 2 is 1.74 bits per heavy atom. The van der Waals surface area contributed by atoms with Gasteiger partial charge >= 0.3 is 0 Å². The Balaban J connectivity index is 1.17. The quantitative estimate of drug-likeness (QED) is 0.636. The van der Waals surface area contributed by atoms with E-state index in [2.05, 4.69) is 51.8 Å². The van der Waals surface area contributed by atoms with Crippen LogP contribution in [0.2, 0.25) is 0 Å². The normalized spacial score (nSPS) is 17.3. The maximum atomic E-state index is 12.7. The first kappa shape index (κ1) is 22.1. The molecule has 1 aliphatic heterocycles. The van der Waals surface area contributed by atoms with Gasteiger partial charge in [0.15, 0.2) is 0 Å². The van der Waals surface area contributed by atoms with Crippen molar-refractivity contribution in [3.63, 3.8) is 0 Å². The third kappa shape index (κ3) is 5.76. The zero-order valence-corrected chi connectivity index (χ0v) is 19.2. The minimum absolute atomic E-state index is 0.505. The molecule has 0 atom stereocenters. The van der Waals surface area contributed by atoms with Crippen LogP contribution in [0.25, 0.3) is 6.08 Å². The number of nitrogens with zero attached hydrogens (tertiary/aromatic N) is 2. The lowest BCUT2D eigenvalue weighted by Crippen LogP contribution is -2.46. The van der Waals surface area contributed by atoms with E-state index in [-0.39, 0.29) is 0 Å². The molecular weight excluding hydrogens is 406 g/mol. The Bertz CT molecular complexity index is 1020. The Kier molecular flexibility index (Phi) is 7.10. The lowest BCUT2D eigenvalue weighted by Gasteiger charge is -2.36. The molecule has 1 saturated heterocycles. The minimum atomic E-state index is -3.38. The Morgan fingerprint density at radius 1 is 0.935 bits per heavy atom. The summed E-state index contributed by atoms with van der Waals surface area (Å²) >= 11 is 0. The third-order valence-corrected chi connectivity index (χ3v) is 7.89. The van der Waals surface area contributed by atoms with Crippen LogP contribution in [-0.4, -0.2) is 52.6 Å². The highest BCUT2D eigenvalue weighted by Gasteiger charge is 2.21. The summed E-state index contributed by atoms with van der Waals surface area (Å²) < 4.78 is 28.1. The number of fused-ring (bicyclic) bond motifs is 1. The molecule has 0 bridgehead atoms. The van der Waals surface area contributed by atoms with E-state index in [1.807, 2.05) is 24.3 Å². The van der Waals surface area contributed by atoms with Crippen molar-refractivity contribution in [2.45, 2.75) is 32.6 Å². The van der Waals surface area contributed by atoms with E-state index in [1.165, 1.54) is 16.8 Å². The zero-order chi connectivity index (χ0) is 21.7. The van der Waals surface area contributed by atoms with E-state index in [0.717, 1.165) is 57.5 Å². The van der Waals surface area contributed by atoms with E-state index in [4.69, 9.17) is 0 Å². The molecule has 4 rings (SSSR count). The number of aryl methyl sites for hydroxylation is 2. The van der Waals surface area contributed by atoms with Crippen LogP contribution >= 0.6 is 0 Å². The molecule has 1 N–H and O–H groups in total. The Labute approximate surface area is 186 Å². The molecule has 1 aliphatic carbocycles. The van der Waals surface area contributed by atoms with Crippen molar-refractivity contribution >= 4 is 21.8 Å². The van der Waals surface area contributed by atoms with Crippen molar-refractivity contribution < 1.29 is 8.42 Å². The summed E-state index contributed by atoms with van der Waals surface area (Å²) in [4.78, 5) is 5.45. The predicted octanol–water partition coefficient (Wildman–Crippen LogP) is 3.80. The predicted molar refractivity (Wildman–Crippen MR) is 129 cm³/mol. The van der Waals surface area contributed by atoms with Gasteiger partial charge in [0.05, 0.1) is 4.91 Å². The van der Waals surface area contributed by atoms with Crippen molar-refractivity contribution in [2.75, 3.05) is 44.2 Å². The molecule has 2 aromatic carbocycles. The van der Waals surface area contributed by atoms with Gasteiger partial charge in [0.1, 0.15) is 0 Å². The largest absolute Gasteiger partial charge is 0.369 e. The van der Waals surface area contributed by atoms with Crippen LogP contribution in [0.15, 0.2) is 53.4 Å². The smallest absolute Gasteiger partial charge is 0.236 e. The summed E-state index contributed by atoms with van der Waals surface area (Å²) in [7, 11) is -3.38. The monoisotopic (exact) mass is 439 g/mol. The summed E-state index contributed by atoms with van der Waals surface area (Å²) in [5, 5.41) is 0. The van der Waals surface area contributed by atoms with Crippen LogP contribution in [0.5, 0.6) is 0 Å². The lowest BCUT2D eigenvalue weighted by molar-refractivity contribution is 0.253. The van der Waals surface area contributed by atoms with Gasteiger partial charge in [0.2, 0.25) is 10.0 Å². The van der Waals surface area contributed by atoms with Crippen molar-refractivity contribution in [3.8, 4) is 0 Å². The highest BCUT2D eigenvalue weighted by Crippen LogP contribution is 2.26. The SMILES string of the molecule is Cc1cccc(N2CCN(CCCCNS(=O)(=O)C3=Cc4ccccc4CC3)CC2)c1. The average molecular weight is 440 g/mol. The van der Waals surface area contributed by atoms with Crippen LogP contribution in [0.1, 0.15) is 36.0 Å². The number of piperazine rings is 1. The van der Waals surface area contributed by atoms with Gasteiger partial charge in [-0.15, -0.1) is 0 Å². The summed E-state index contributed by atoms with van der Waals surface area (Å²) in [6.45, 7) is 7.89. The lowest BCUT2D eigenvalue weighted by atomic mass is 9.98. The number of hydrogen-bond acceptors (Lipinski definition) is 4. The number of sulfonamides is 1. The summed E-state index contributed by atoms with van der Waals surface area (Å²) in [5.41, 5.74) is 4.87. The fraction of sp³-hybridized carbons (Fsp3) is 0.440. The number of hydrogen-bond donors (Lipinski definition) is 1. The van der Waals surface area contributed by atoms with Crippen LogP contribution < -0.4 is 9.62 Å². The summed E-state index contributed by atoms with van der Waals surface area (Å²) in [5.74, 6) is 0. The van der Waals surface area contributed by atoms with Crippen LogP contribution in [0.3, 0.4) is 0 Å². The molecule has 2 aliphatic rings. The number of anilines is 1. The molecule has 0 spiro atoms. The van der Waals surface area contributed by atoms with Crippen LogP contribution in [-0.2, 0) is 16.4 Å². The van der Waals surface area contributed by atoms with Gasteiger partial charge in [-0.1, -0.05) is 36.4 Å². The molecular formula is C25H33N3O2S. The van der Waals surface area contributed by atoms with Gasteiger partial charge in [-0.3, -0.25) is 4.90 Å². The minimum Gasteiger partial charge on any atom is -0.369 e. The molecule has 5 nitrogen and oxygen atoms in total. The van der Waals surface area contributed by atoms with Gasteiger partial charge < -0.3 is 4.90 Å². The molecule has 31 heavy (non-hydrogen) atoms. The maximum absolute atomic E-state index is 12.7. The first-order valence-electron chi connectivity index (χ1n) is 11.3. The summed E-state index contributed by atoms with van der Waals surface area (Å²) in [6.07, 6.45) is 5.07. The third-order valence-electron chi connectivity index (χ3n) is 6.29. The molecule has 0 radical (unpaired) electrons. The standard InChI is InChI=1S/C25H33N3O2S/c1-21-7-6-10-24(19-21)28-17-15-27(16-18-28)14-5-4-13-26-31(29,30)25-12-11-22-8-2-3-9-23(22)20-25/h2-3,6-10,19-20,26H,4-5,11-18H2,1H3. The van der Waals surface area contributed by atoms with Crippen LogP contribution in [0.4, 0.5) is 5.69 Å². The first-order valence-corrected chi connectivity index (χ1v) is 12.8. The van der Waals surface area contributed by atoms with Crippen LogP contribution in [0, 0.1) is 6.92 Å². The number of rotatable bonds is 8. The first-order chi connectivity index (χ1) is 15.0. The van der Waals surface area contributed by atoms with Gasteiger partial charge in [0, 0.05) is 38.4 Å². The van der Waals surface area contributed by atoms with Gasteiger partial charge in [0.25, 0.3) is 0 Å². The molecule has 166 valence electrons. The van der Waals surface area contributed by atoms with Crippen molar-refractivity contribution in [2.24, 2.45) is 0 Å².